The SMILES string of the molecule is O=C(NCC#CCOc1ccc2c(c1)OCO2)NCc1cccs1. The van der Waals surface area contributed by atoms with Gasteiger partial charge in [-0.3, -0.25) is 0 Å². The minimum absolute atomic E-state index is 0.234. The molecule has 2 N–H and O–H groups in total. The number of carbonyl (C=O) groups excluding carboxylic acids is 1. The van der Waals surface area contributed by atoms with E-state index in [2.05, 4.69) is 22.5 Å². The lowest BCUT2D eigenvalue weighted by atomic mass is 10.3. The second kappa shape index (κ2) is 8.13. The summed E-state index contributed by atoms with van der Waals surface area (Å²) < 4.78 is 16.0. The van der Waals surface area contributed by atoms with Crippen LogP contribution in [-0.2, 0) is 6.54 Å². The Morgan fingerprint density at radius 3 is 3.00 bits per heavy atom. The molecule has 0 aliphatic carbocycles. The van der Waals surface area contributed by atoms with E-state index in [4.69, 9.17) is 14.2 Å². The highest BCUT2D eigenvalue weighted by atomic mass is 32.1. The number of hydrogen-bond donors (Lipinski definition) is 2. The van der Waals surface area contributed by atoms with Crippen LogP contribution in [0.25, 0.3) is 0 Å². The van der Waals surface area contributed by atoms with E-state index in [9.17, 15) is 4.79 Å². The third kappa shape index (κ3) is 4.57. The van der Waals surface area contributed by atoms with Crippen molar-refractivity contribution in [2.75, 3.05) is 19.9 Å². The van der Waals surface area contributed by atoms with Crippen LogP contribution in [0.4, 0.5) is 4.79 Å². The fourth-order valence-corrected chi connectivity index (χ4v) is 2.61. The van der Waals surface area contributed by atoms with Crippen molar-refractivity contribution in [1.82, 2.24) is 10.6 Å². The molecule has 7 heteroatoms. The molecule has 0 spiro atoms. The van der Waals surface area contributed by atoms with Gasteiger partial charge in [0.25, 0.3) is 0 Å². The fourth-order valence-electron chi connectivity index (χ4n) is 1.97. The van der Waals surface area contributed by atoms with Gasteiger partial charge in [0.05, 0.1) is 13.1 Å². The summed E-state index contributed by atoms with van der Waals surface area (Å²) in [5.41, 5.74) is 0. The summed E-state index contributed by atoms with van der Waals surface area (Å²) in [5.74, 6) is 7.72. The summed E-state index contributed by atoms with van der Waals surface area (Å²) in [5, 5.41) is 7.40. The Morgan fingerprint density at radius 1 is 1.21 bits per heavy atom. The molecular weight excluding hydrogens is 328 g/mol. The number of amides is 2. The number of ether oxygens (including phenoxy) is 3. The smallest absolute Gasteiger partial charge is 0.315 e. The Morgan fingerprint density at radius 2 is 2.12 bits per heavy atom. The summed E-state index contributed by atoms with van der Waals surface area (Å²) in [7, 11) is 0. The average Bonchev–Trinajstić information content (AvgIpc) is 3.26. The molecule has 0 bridgehead atoms. The summed E-state index contributed by atoms with van der Waals surface area (Å²) in [6.07, 6.45) is 0. The first-order valence-electron chi connectivity index (χ1n) is 7.33. The third-order valence-electron chi connectivity index (χ3n) is 3.12. The zero-order valence-corrected chi connectivity index (χ0v) is 13.7. The van der Waals surface area contributed by atoms with Gasteiger partial charge in [-0.15, -0.1) is 11.3 Å². The van der Waals surface area contributed by atoms with E-state index in [1.54, 1.807) is 29.5 Å². The first kappa shape index (κ1) is 16.0. The highest BCUT2D eigenvalue weighted by molar-refractivity contribution is 7.09. The maximum absolute atomic E-state index is 11.6. The van der Waals surface area contributed by atoms with Crippen molar-refractivity contribution < 1.29 is 19.0 Å². The van der Waals surface area contributed by atoms with Crippen molar-refractivity contribution in [3.63, 3.8) is 0 Å². The number of hydrogen-bond acceptors (Lipinski definition) is 5. The van der Waals surface area contributed by atoms with E-state index in [-0.39, 0.29) is 26.0 Å². The second-order valence-corrected chi connectivity index (χ2v) is 5.81. The zero-order valence-electron chi connectivity index (χ0n) is 12.8. The maximum atomic E-state index is 11.6. The van der Waals surface area contributed by atoms with Crippen molar-refractivity contribution in [3.05, 3.63) is 40.6 Å². The van der Waals surface area contributed by atoms with Gasteiger partial charge in [-0.25, -0.2) is 4.79 Å². The van der Waals surface area contributed by atoms with Crippen LogP contribution in [0.15, 0.2) is 35.7 Å². The van der Waals surface area contributed by atoms with Crippen LogP contribution in [-0.4, -0.2) is 26.0 Å². The van der Waals surface area contributed by atoms with Crippen molar-refractivity contribution in [2.45, 2.75) is 6.54 Å². The molecule has 0 saturated heterocycles. The predicted octanol–water partition coefficient (Wildman–Crippen LogP) is 2.36. The Hall–Kier alpha value is -2.85. The number of thiophene rings is 1. The molecule has 2 heterocycles. The molecule has 124 valence electrons. The molecule has 3 rings (SSSR count). The van der Waals surface area contributed by atoms with Gasteiger partial charge < -0.3 is 24.8 Å². The number of fused-ring (bicyclic) bond motifs is 1. The van der Waals surface area contributed by atoms with Gasteiger partial charge in [0.2, 0.25) is 6.79 Å². The van der Waals surface area contributed by atoms with Crippen LogP contribution in [0, 0.1) is 11.8 Å². The molecule has 0 radical (unpaired) electrons. The van der Waals surface area contributed by atoms with Crippen LogP contribution < -0.4 is 24.8 Å². The molecule has 0 unspecified atom stereocenters. The van der Waals surface area contributed by atoms with E-state index in [1.807, 2.05) is 17.5 Å². The Labute approximate surface area is 143 Å². The second-order valence-electron chi connectivity index (χ2n) is 4.77. The number of carbonyl (C=O) groups is 1. The van der Waals surface area contributed by atoms with Crippen molar-refractivity contribution >= 4 is 17.4 Å². The normalized spacial score (nSPS) is 11.3. The van der Waals surface area contributed by atoms with E-state index >= 15 is 0 Å². The van der Waals surface area contributed by atoms with Crippen LogP contribution in [0.5, 0.6) is 17.2 Å². The molecule has 0 saturated carbocycles. The van der Waals surface area contributed by atoms with Crippen molar-refractivity contribution in [3.8, 4) is 29.1 Å². The van der Waals surface area contributed by atoms with Crippen LogP contribution in [0.2, 0.25) is 0 Å². The molecule has 0 fully saturated rings. The molecule has 0 atom stereocenters. The topological polar surface area (TPSA) is 68.8 Å². The standard InChI is InChI=1S/C17H16N2O4S/c20-17(19-11-14-4-3-9-24-14)18-7-1-2-8-21-13-5-6-15-16(10-13)23-12-22-15/h3-6,9-10H,7-8,11-12H2,(H2,18,19,20). The number of nitrogens with one attached hydrogen (secondary N) is 2. The Balaban J connectivity index is 1.32. The number of urea groups is 1. The number of rotatable bonds is 5. The lowest BCUT2D eigenvalue weighted by Gasteiger charge is -2.04. The summed E-state index contributed by atoms with van der Waals surface area (Å²) in [6.45, 7) is 1.25. The predicted molar refractivity (Wildman–Crippen MR) is 90.4 cm³/mol. The van der Waals surface area contributed by atoms with Gasteiger partial charge in [-0.1, -0.05) is 17.9 Å². The van der Waals surface area contributed by atoms with Gasteiger partial charge in [0.15, 0.2) is 11.5 Å². The summed E-state index contributed by atoms with van der Waals surface area (Å²) in [4.78, 5) is 12.7. The van der Waals surface area contributed by atoms with Gasteiger partial charge in [-0.2, -0.15) is 0 Å². The summed E-state index contributed by atoms with van der Waals surface area (Å²) in [6, 6.07) is 9.04. The Kier molecular flexibility index (Phi) is 5.43. The minimum Gasteiger partial charge on any atom is -0.481 e. The first-order valence-corrected chi connectivity index (χ1v) is 8.21. The highest BCUT2D eigenvalue weighted by Gasteiger charge is 2.13. The first-order chi connectivity index (χ1) is 11.8. The van der Waals surface area contributed by atoms with E-state index < -0.39 is 0 Å². The molecule has 2 aromatic rings. The zero-order chi connectivity index (χ0) is 16.6. The monoisotopic (exact) mass is 344 g/mol. The molecule has 2 amide bonds. The van der Waals surface area contributed by atoms with E-state index in [1.165, 1.54) is 0 Å². The van der Waals surface area contributed by atoms with E-state index in [0.717, 1.165) is 4.88 Å². The van der Waals surface area contributed by atoms with Gasteiger partial charge in [0, 0.05) is 10.9 Å². The lowest BCUT2D eigenvalue weighted by Crippen LogP contribution is -2.35. The summed E-state index contributed by atoms with van der Waals surface area (Å²) >= 11 is 1.60. The third-order valence-corrected chi connectivity index (χ3v) is 4.00. The molecular formula is C17H16N2O4S. The van der Waals surface area contributed by atoms with Gasteiger partial charge >= 0.3 is 6.03 Å². The fraction of sp³-hybridized carbons (Fsp3) is 0.235. The van der Waals surface area contributed by atoms with E-state index in [0.29, 0.717) is 23.8 Å². The molecule has 1 aliphatic heterocycles. The lowest BCUT2D eigenvalue weighted by molar-refractivity contribution is 0.174. The van der Waals surface area contributed by atoms with Gasteiger partial charge in [0.1, 0.15) is 12.4 Å². The van der Waals surface area contributed by atoms with Crippen molar-refractivity contribution in [2.24, 2.45) is 0 Å². The molecule has 1 aromatic carbocycles. The van der Waals surface area contributed by atoms with Crippen LogP contribution in [0.3, 0.4) is 0 Å². The van der Waals surface area contributed by atoms with Gasteiger partial charge in [-0.05, 0) is 23.6 Å². The van der Waals surface area contributed by atoms with Crippen LogP contribution in [0.1, 0.15) is 4.88 Å². The Bertz CT molecular complexity index is 750. The highest BCUT2D eigenvalue weighted by Crippen LogP contribution is 2.34. The average molecular weight is 344 g/mol. The quantitative estimate of drug-likeness (QED) is 0.817. The molecule has 1 aliphatic rings. The molecule has 1 aromatic heterocycles. The number of benzene rings is 1. The molecule has 24 heavy (non-hydrogen) atoms. The maximum Gasteiger partial charge on any atom is 0.315 e. The largest absolute Gasteiger partial charge is 0.481 e. The minimum atomic E-state index is -0.241. The van der Waals surface area contributed by atoms with Crippen LogP contribution >= 0.6 is 11.3 Å². The molecule has 6 nitrogen and oxygen atoms in total. The van der Waals surface area contributed by atoms with Crippen molar-refractivity contribution in [1.29, 1.82) is 0 Å².